The van der Waals surface area contributed by atoms with E-state index in [0.717, 1.165) is 29.7 Å². The minimum Gasteiger partial charge on any atom is -0.394 e. The number of aliphatic hydroxyl groups excluding tert-OH is 1. The number of rotatable bonds is 6. The van der Waals surface area contributed by atoms with Crippen LogP contribution in [-0.4, -0.2) is 38.4 Å². The van der Waals surface area contributed by atoms with Crippen LogP contribution in [-0.2, 0) is 6.18 Å². The number of carbonyl (C=O) groups is 1. The monoisotopic (exact) mass is 444 g/mol. The molecule has 2 N–H and O–H groups in total. The molecule has 1 aliphatic carbocycles. The summed E-state index contributed by atoms with van der Waals surface area (Å²) in [5, 5.41) is 16.5. The second kappa shape index (κ2) is 8.54. The van der Waals surface area contributed by atoms with Gasteiger partial charge in [0.15, 0.2) is 0 Å². The Morgan fingerprint density at radius 1 is 1.22 bits per heavy atom. The summed E-state index contributed by atoms with van der Waals surface area (Å²) < 4.78 is 39.7. The molecular formula is C22H19F3N4O3. The number of pyridine rings is 1. The maximum Gasteiger partial charge on any atom is 0.416 e. The second-order valence-electron chi connectivity index (χ2n) is 7.55. The molecule has 0 aliphatic heterocycles. The number of aliphatic hydroxyl groups is 1. The van der Waals surface area contributed by atoms with Gasteiger partial charge in [0.2, 0.25) is 0 Å². The molecule has 1 saturated carbocycles. The number of carbonyl (C=O) groups excluding carboxylic acids is 1. The lowest BCUT2D eigenvalue weighted by molar-refractivity contribution is -0.137. The van der Waals surface area contributed by atoms with Gasteiger partial charge >= 0.3 is 6.18 Å². The Hall–Kier alpha value is -3.53. The third-order valence-electron chi connectivity index (χ3n) is 5.26. The van der Waals surface area contributed by atoms with Crippen molar-refractivity contribution in [2.24, 2.45) is 5.92 Å². The van der Waals surface area contributed by atoms with Gasteiger partial charge in [0.25, 0.3) is 11.5 Å². The molecule has 10 heteroatoms. The summed E-state index contributed by atoms with van der Waals surface area (Å²) in [6.07, 6.45) is 0.140. The van der Waals surface area contributed by atoms with Gasteiger partial charge in [-0.15, -0.1) is 0 Å². The quantitative estimate of drug-likeness (QED) is 0.610. The van der Waals surface area contributed by atoms with Crippen molar-refractivity contribution in [1.29, 1.82) is 0 Å². The molecule has 3 aromatic rings. The van der Waals surface area contributed by atoms with E-state index in [1.807, 2.05) is 0 Å². The average Bonchev–Trinajstić information content (AvgIpc) is 3.63. The lowest BCUT2D eigenvalue weighted by atomic mass is 10.1. The van der Waals surface area contributed by atoms with Crippen LogP contribution in [0.15, 0.2) is 59.7 Å². The zero-order valence-corrected chi connectivity index (χ0v) is 16.7. The smallest absolute Gasteiger partial charge is 0.394 e. The maximum atomic E-state index is 13.0. The van der Waals surface area contributed by atoms with Gasteiger partial charge in [-0.2, -0.15) is 23.0 Å². The number of benzene rings is 1. The zero-order chi connectivity index (χ0) is 22.9. The van der Waals surface area contributed by atoms with Crippen molar-refractivity contribution in [3.63, 3.8) is 0 Å². The van der Waals surface area contributed by atoms with Crippen molar-refractivity contribution in [2.75, 3.05) is 6.61 Å². The van der Waals surface area contributed by atoms with Crippen molar-refractivity contribution < 1.29 is 23.1 Å². The standard InChI is InChI=1S/C22H19F3N4O3/c23-22(24,25)15-7-5-13(6-8-15)18-10-17(20(31)27-19(12-30)14-3-4-14)21(32)29(28-18)16-2-1-9-26-11-16/h1-2,5-11,14,19,30H,3-4,12H2,(H,27,31)/t19-/m0/s1. The molecule has 0 radical (unpaired) electrons. The van der Waals surface area contributed by atoms with E-state index in [2.05, 4.69) is 15.4 Å². The Labute approximate surface area is 180 Å². The highest BCUT2D eigenvalue weighted by Crippen LogP contribution is 2.33. The van der Waals surface area contributed by atoms with Crippen molar-refractivity contribution >= 4 is 5.91 Å². The average molecular weight is 444 g/mol. The van der Waals surface area contributed by atoms with Gasteiger partial charge in [0, 0.05) is 11.8 Å². The molecule has 1 amide bonds. The second-order valence-corrected chi connectivity index (χ2v) is 7.55. The molecule has 166 valence electrons. The molecule has 2 heterocycles. The summed E-state index contributed by atoms with van der Waals surface area (Å²) in [6, 6.07) is 8.20. The molecular weight excluding hydrogens is 425 g/mol. The summed E-state index contributed by atoms with van der Waals surface area (Å²) in [5.41, 5.74) is -1.04. The minimum absolute atomic E-state index is 0.138. The first-order chi connectivity index (χ1) is 15.3. The molecule has 4 rings (SSSR count). The van der Waals surface area contributed by atoms with Gasteiger partial charge in [-0.25, -0.2) is 0 Å². The van der Waals surface area contributed by atoms with Crippen LogP contribution in [0.4, 0.5) is 13.2 Å². The van der Waals surface area contributed by atoms with Gasteiger partial charge in [-0.05, 0) is 49.1 Å². The first kappa shape index (κ1) is 21.7. The number of halogens is 3. The molecule has 1 aromatic carbocycles. The Balaban J connectivity index is 1.79. The van der Waals surface area contributed by atoms with Gasteiger partial charge in [-0.3, -0.25) is 14.6 Å². The lowest BCUT2D eigenvalue weighted by Crippen LogP contribution is -2.42. The lowest BCUT2D eigenvalue weighted by Gasteiger charge is -2.16. The van der Waals surface area contributed by atoms with Crippen LogP contribution in [0.1, 0.15) is 28.8 Å². The van der Waals surface area contributed by atoms with Gasteiger partial charge in [-0.1, -0.05) is 12.1 Å². The molecule has 2 aromatic heterocycles. The fraction of sp³-hybridized carbons (Fsp3) is 0.273. The topological polar surface area (TPSA) is 97.1 Å². The third-order valence-corrected chi connectivity index (χ3v) is 5.26. The minimum atomic E-state index is -4.49. The largest absolute Gasteiger partial charge is 0.416 e. The third kappa shape index (κ3) is 4.54. The van der Waals surface area contributed by atoms with Gasteiger partial charge < -0.3 is 10.4 Å². The van der Waals surface area contributed by atoms with Crippen LogP contribution in [0.2, 0.25) is 0 Å². The Kier molecular flexibility index (Phi) is 5.79. The number of alkyl halides is 3. The molecule has 0 bridgehead atoms. The number of hydrogen-bond donors (Lipinski definition) is 2. The van der Waals surface area contributed by atoms with E-state index in [-0.39, 0.29) is 23.8 Å². The number of hydrogen-bond acceptors (Lipinski definition) is 5. The Morgan fingerprint density at radius 3 is 2.50 bits per heavy atom. The first-order valence-corrected chi connectivity index (χ1v) is 9.92. The molecule has 0 spiro atoms. The van der Waals surface area contributed by atoms with Gasteiger partial charge in [0.05, 0.1) is 35.8 Å². The van der Waals surface area contributed by atoms with Crippen LogP contribution in [0.25, 0.3) is 16.9 Å². The molecule has 0 unspecified atom stereocenters. The maximum absolute atomic E-state index is 13.0. The van der Waals surface area contributed by atoms with Crippen LogP contribution in [0.3, 0.4) is 0 Å². The fourth-order valence-corrected chi connectivity index (χ4v) is 3.34. The van der Waals surface area contributed by atoms with E-state index in [1.54, 1.807) is 12.1 Å². The SMILES string of the molecule is O=C(N[C@@H](CO)C1CC1)c1cc(-c2ccc(C(F)(F)F)cc2)nn(-c2cccnc2)c1=O. The molecule has 1 aliphatic rings. The molecule has 7 nitrogen and oxygen atoms in total. The van der Waals surface area contributed by atoms with Crippen LogP contribution in [0, 0.1) is 5.92 Å². The summed E-state index contributed by atoms with van der Waals surface area (Å²) in [5.74, 6) is -0.533. The fourth-order valence-electron chi connectivity index (χ4n) is 3.34. The predicted molar refractivity (Wildman–Crippen MR) is 109 cm³/mol. The summed E-state index contributed by atoms with van der Waals surface area (Å²) in [4.78, 5) is 29.9. The summed E-state index contributed by atoms with van der Waals surface area (Å²) >= 11 is 0. The molecule has 1 atom stereocenters. The number of amides is 1. The predicted octanol–water partition coefficient (Wildman–Crippen LogP) is 2.81. The van der Waals surface area contributed by atoms with E-state index in [0.29, 0.717) is 11.3 Å². The van der Waals surface area contributed by atoms with E-state index in [4.69, 9.17) is 0 Å². The molecule has 1 fully saturated rings. The highest BCUT2D eigenvalue weighted by atomic mass is 19.4. The highest BCUT2D eigenvalue weighted by molar-refractivity contribution is 5.95. The van der Waals surface area contributed by atoms with Gasteiger partial charge in [0.1, 0.15) is 5.56 Å². The Bertz CT molecular complexity index is 1170. The Morgan fingerprint density at radius 2 is 1.94 bits per heavy atom. The number of aromatic nitrogens is 3. The zero-order valence-electron chi connectivity index (χ0n) is 16.7. The molecule has 32 heavy (non-hydrogen) atoms. The van der Waals surface area contributed by atoms with Crippen molar-refractivity contribution in [2.45, 2.75) is 25.1 Å². The van der Waals surface area contributed by atoms with Crippen LogP contribution < -0.4 is 10.9 Å². The van der Waals surface area contributed by atoms with Crippen LogP contribution >= 0.6 is 0 Å². The van der Waals surface area contributed by atoms with E-state index >= 15 is 0 Å². The summed E-state index contributed by atoms with van der Waals surface area (Å²) in [7, 11) is 0. The van der Waals surface area contributed by atoms with E-state index < -0.39 is 29.2 Å². The van der Waals surface area contributed by atoms with E-state index in [1.165, 1.54) is 30.6 Å². The normalized spacial score (nSPS) is 14.8. The summed E-state index contributed by atoms with van der Waals surface area (Å²) in [6.45, 7) is -0.260. The van der Waals surface area contributed by atoms with Crippen molar-refractivity contribution in [3.8, 4) is 16.9 Å². The van der Waals surface area contributed by atoms with Crippen molar-refractivity contribution in [3.05, 3.63) is 76.3 Å². The highest BCUT2D eigenvalue weighted by Gasteiger charge is 2.33. The van der Waals surface area contributed by atoms with E-state index in [9.17, 15) is 27.9 Å². The van der Waals surface area contributed by atoms with Crippen LogP contribution in [0.5, 0.6) is 0 Å². The van der Waals surface area contributed by atoms with Crippen molar-refractivity contribution in [1.82, 2.24) is 20.1 Å². The number of nitrogens with zero attached hydrogens (tertiary/aromatic N) is 3. The first-order valence-electron chi connectivity index (χ1n) is 9.92. The number of nitrogens with one attached hydrogen (secondary N) is 1. The molecule has 0 saturated heterocycles.